The molecule has 0 aliphatic rings. The molecule has 0 saturated heterocycles. The molecule has 0 amide bonds. The van der Waals surface area contributed by atoms with Gasteiger partial charge in [-0.05, 0) is 12.1 Å². The highest BCUT2D eigenvalue weighted by molar-refractivity contribution is 7.13. The van der Waals surface area contributed by atoms with Crippen molar-refractivity contribution in [3.8, 4) is 21.8 Å². The van der Waals surface area contributed by atoms with Crippen LogP contribution in [0, 0.1) is 0 Å². The lowest BCUT2D eigenvalue weighted by Gasteiger charge is -2.00. The molecule has 0 N–H and O–H groups in total. The Morgan fingerprint density at radius 1 is 1.00 bits per heavy atom. The van der Waals surface area contributed by atoms with Crippen LogP contribution in [0.15, 0.2) is 60.0 Å². The number of thiazole rings is 1. The van der Waals surface area contributed by atoms with Gasteiger partial charge in [0.25, 0.3) is 0 Å². The zero-order valence-corrected chi connectivity index (χ0v) is 12.3. The third-order valence-corrected chi connectivity index (χ3v) is 4.02. The molecule has 4 heteroatoms. The first-order valence-electron chi connectivity index (χ1n) is 6.47. The molecule has 0 aliphatic heterocycles. The second kappa shape index (κ2) is 5.89. The molecule has 1 heterocycles. The summed E-state index contributed by atoms with van der Waals surface area (Å²) in [7, 11) is 1.38. The van der Waals surface area contributed by atoms with Gasteiger partial charge in [0.2, 0.25) is 0 Å². The zero-order chi connectivity index (χ0) is 14.7. The summed E-state index contributed by atoms with van der Waals surface area (Å²) in [6, 6.07) is 17.4. The first kappa shape index (κ1) is 13.5. The number of hydrogen-bond donors (Lipinski definition) is 0. The van der Waals surface area contributed by atoms with E-state index in [9.17, 15) is 4.79 Å². The predicted molar refractivity (Wildman–Crippen MR) is 84.3 cm³/mol. The molecular formula is C17H13NO2S. The molecule has 0 aliphatic carbocycles. The van der Waals surface area contributed by atoms with Gasteiger partial charge in [-0.15, -0.1) is 11.3 Å². The highest BCUT2D eigenvalue weighted by Gasteiger charge is 2.08. The van der Waals surface area contributed by atoms with Gasteiger partial charge < -0.3 is 4.74 Å². The van der Waals surface area contributed by atoms with Gasteiger partial charge in [-0.1, -0.05) is 42.5 Å². The minimum absolute atomic E-state index is 0.328. The molecule has 3 aromatic rings. The minimum atomic E-state index is -0.328. The van der Waals surface area contributed by atoms with Gasteiger partial charge in [0, 0.05) is 16.5 Å². The van der Waals surface area contributed by atoms with Gasteiger partial charge in [-0.25, -0.2) is 9.78 Å². The van der Waals surface area contributed by atoms with E-state index >= 15 is 0 Å². The number of rotatable bonds is 3. The normalized spacial score (nSPS) is 10.3. The van der Waals surface area contributed by atoms with Gasteiger partial charge in [-0.3, -0.25) is 0 Å². The number of carbonyl (C=O) groups excluding carboxylic acids is 1. The van der Waals surface area contributed by atoms with E-state index in [0.29, 0.717) is 5.56 Å². The summed E-state index contributed by atoms with van der Waals surface area (Å²) in [5.41, 5.74) is 3.61. The van der Waals surface area contributed by atoms with E-state index in [4.69, 9.17) is 4.74 Å². The van der Waals surface area contributed by atoms with Crippen LogP contribution in [0.5, 0.6) is 0 Å². The Kier molecular flexibility index (Phi) is 3.79. The minimum Gasteiger partial charge on any atom is -0.465 e. The van der Waals surface area contributed by atoms with Gasteiger partial charge >= 0.3 is 5.97 Å². The second-order valence-corrected chi connectivity index (χ2v) is 5.33. The maximum atomic E-state index is 11.4. The Bertz CT molecular complexity index is 748. The molecule has 1 aromatic heterocycles. The Hall–Kier alpha value is -2.46. The van der Waals surface area contributed by atoms with Gasteiger partial charge in [0.05, 0.1) is 18.4 Å². The smallest absolute Gasteiger partial charge is 0.337 e. The Morgan fingerprint density at radius 3 is 2.38 bits per heavy atom. The number of nitrogens with zero attached hydrogens (tertiary/aromatic N) is 1. The number of methoxy groups -OCH3 is 1. The molecule has 104 valence electrons. The number of carbonyl (C=O) groups is 1. The van der Waals surface area contributed by atoms with E-state index in [2.05, 4.69) is 4.98 Å². The SMILES string of the molecule is COC(=O)c1ccc(-c2nc(-c3ccccc3)cs2)cc1. The Labute approximate surface area is 126 Å². The zero-order valence-electron chi connectivity index (χ0n) is 11.4. The van der Waals surface area contributed by atoms with Crippen LogP contribution in [0.4, 0.5) is 0 Å². The monoisotopic (exact) mass is 295 g/mol. The number of aromatic nitrogens is 1. The van der Waals surface area contributed by atoms with Crippen molar-refractivity contribution < 1.29 is 9.53 Å². The maximum Gasteiger partial charge on any atom is 0.337 e. The van der Waals surface area contributed by atoms with E-state index in [1.807, 2.05) is 47.8 Å². The molecule has 0 spiro atoms. The summed E-state index contributed by atoms with van der Waals surface area (Å²) in [5.74, 6) is -0.328. The largest absolute Gasteiger partial charge is 0.465 e. The lowest BCUT2D eigenvalue weighted by Crippen LogP contribution is -2.00. The Morgan fingerprint density at radius 2 is 1.71 bits per heavy atom. The van der Waals surface area contributed by atoms with Crippen molar-refractivity contribution in [3.63, 3.8) is 0 Å². The van der Waals surface area contributed by atoms with Crippen molar-refractivity contribution in [1.82, 2.24) is 4.98 Å². The van der Waals surface area contributed by atoms with Crippen LogP contribution in [-0.4, -0.2) is 18.1 Å². The van der Waals surface area contributed by atoms with E-state index in [1.165, 1.54) is 7.11 Å². The lowest BCUT2D eigenvalue weighted by molar-refractivity contribution is 0.0601. The molecule has 3 nitrogen and oxygen atoms in total. The molecular weight excluding hydrogens is 282 g/mol. The fourth-order valence-corrected chi connectivity index (χ4v) is 2.85. The first-order chi connectivity index (χ1) is 10.3. The molecule has 0 fully saturated rings. The number of benzene rings is 2. The van der Waals surface area contributed by atoms with E-state index in [0.717, 1.165) is 21.8 Å². The first-order valence-corrected chi connectivity index (χ1v) is 7.35. The van der Waals surface area contributed by atoms with Crippen molar-refractivity contribution >= 4 is 17.3 Å². The molecule has 3 rings (SSSR count). The standard InChI is InChI=1S/C17H13NO2S/c1-20-17(19)14-9-7-13(8-10-14)16-18-15(11-21-16)12-5-3-2-4-6-12/h2-11H,1H3. The second-order valence-electron chi connectivity index (χ2n) is 4.47. The van der Waals surface area contributed by atoms with Gasteiger partial charge in [0.15, 0.2) is 0 Å². The van der Waals surface area contributed by atoms with E-state index < -0.39 is 0 Å². The predicted octanol–water partition coefficient (Wildman–Crippen LogP) is 4.26. The van der Waals surface area contributed by atoms with Crippen molar-refractivity contribution in [2.24, 2.45) is 0 Å². The quantitative estimate of drug-likeness (QED) is 0.678. The molecule has 0 atom stereocenters. The van der Waals surface area contributed by atoms with Crippen molar-refractivity contribution in [2.45, 2.75) is 0 Å². The third-order valence-electron chi connectivity index (χ3n) is 3.13. The number of ether oxygens (including phenoxy) is 1. The third kappa shape index (κ3) is 2.85. The van der Waals surface area contributed by atoms with Crippen LogP contribution >= 0.6 is 11.3 Å². The molecule has 2 aromatic carbocycles. The summed E-state index contributed by atoms with van der Waals surface area (Å²) in [6.45, 7) is 0. The van der Waals surface area contributed by atoms with Crippen molar-refractivity contribution in [3.05, 3.63) is 65.5 Å². The van der Waals surface area contributed by atoms with Crippen molar-refractivity contribution in [2.75, 3.05) is 7.11 Å². The number of esters is 1. The highest BCUT2D eigenvalue weighted by atomic mass is 32.1. The van der Waals surface area contributed by atoms with Crippen LogP contribution in [0.25, 0.3) is 21.8 Å². The van der Waals surface area contributed by atoms with E-state index in [-0.39, 0.29) is 5.97 Å². The molecule has 0 saturated carbocycles. The summed E-state index contributed by atoms with van der Waals surface area (Å²) in [5, 5.41) is 2.98. The summed E-state index contributed by atoms with van der Waals surface area (Å²) in [6.07, 6.45) is 0. The average molecular weight is 295 g/mol. The molecule has 0 radical (unpaired) electrons. The fraction of sp³-hybridized carbons (Fsp3) is 0.0588. The Balaban J connectivity index is 1.88. The average Bonchev–Trinajstić information content (AvgIpc) is 3.05. The van der Waals surface area contributed by atoms with Crippen LogP contribution in [-0.2, 0) is 4.74 Å². The van der Waals surface area contributed by atoms with Crippen LogP contribution in [0.3, 0.4) is 0 Å². The van der Waals surface area contributed by atoms with Gasteiger partial charge in [0.1, 0.15) is 5.01 Å². The van der Waals surface area contributed by atoms with Crippen molar-refractivity contribution in [1.29, 1.82) is 0 Å². The molecule has 0 bridgehead atoms. The molecule has 0 unspecified atom stereocenters. The molecule has 21 heavy (non-hydrogen) atoms. The number of hydrogen-bond acceptors (Lipinski definition) is 4. The summed E-state index contributed by atoms with van der Waals surface area (Å²) >= 11 is 1.59. The van der Waals surface area contributed by atoms with E-state index in [1.54, 1.807) is 23.5 Å². The summed E-state index contributed by atoms with van der Waals surface area (Å²) < 4.78 is 4.69. The van der Waals surface area contributed by atoms with Gasteiger partial charge in [-0.2, -0.15) is 0 Å². The maximum absolute atomic E-state index is 11.4. The lowest BCUT2D eigenvalue weighted by atomic mass is 10.1. The summed E-state index contributed by atoms with van der Waals surface area (Å²) in [4.78, 5) is 16.1. The van der Waals surface area contributed by atoms with Crippen LogP contribution < -0.4 is 0 Å². The highest BCUT2D eigenvalue weighted by Crippen LogP contribution is 2.28. The van der Waals surface area contributed by atoms with Crippen LogP contribution in [0.1, 0.15) is 10.4 Å². The van der Waals surface area contributed by atoms with Crippen LogP contribution in [0.2, 0.25) is 0 Å². The topological polar surface area (TPSA) is 39.2 Å². The fourth-order valence-electron chi connectivity index (χ4n) is 2.01.